The molecule has 0 amide bonds. The number of nitrogens with two attached hydrogens (primary N) is 1. The van der Waals surface area contributed by atoms with Crippen LogP contribution in [0.5, 0.6) is 0 Å². The summed E-state index contributed by atoms with van der Waals surface area (Å²) in [6, 6.07) is 3.71. The minimum Gasteiger partial charge on any atom is -0.327 e. The van der Waals surface area contributed by atoms with Gasteiger partial charge in [-0.25, -0.2) is 4.98 Å². The first kappa shape index (κ1) is 15.7. The topological polar surface area (TPSA) is 42.1 Å². The molecule has 0 fully saturated rings. The smallest absolute Gasteiger partial charge is 0.129 e. The van der Waals surface area contributed by atoms with Gasteiger partial charge in [0, 0.05) is 12.6 Å². The third-order valence-electron chi connectivity index (χ3n) is 3.00. The van der Waals surface area contributed by atoms with E-state index in [0.29, 0.717) is 22.6 Å². The van der Waals surface area contributed by atoms with Crippen LogP contribution in [0.4, 0.5) is 0 Å². The summed E-state index contributed by atoms with van der Waals surface area (Å²) in [5.74, 6) is 0.506. The van der Waals surface area contributed by atoms with Gasteiger partial charge in [-0.15, -0.1) is 0 Å². The van der Waals surface area contributed by atoms with Crippen LogP contribution in [0.15, 0.2) is 12.1 Å². The lowest BCUT2D eigenvalue weighted by Gasteiger charge is -2.21. The summed E-state index contributed by atoms with van der Waals surface area (Å²) >= 11 is 11.9. The molecular weight excluding hydrogens is 269 g/mol. The zero-order valence-corrected chi connectivity index (χ0v) is 12.7. The summed E-state index contributed by atoms with van der Waals surface area (Å²) in [6.45, 7) is 5.88. The lowest BCUT2D eigenvalue weighted by atomic mass is 10.0. The molecule has 0 aliphatic carbocycles. The molecule has 1 aromatic rings. The molecule has 5 heteroatoms. The fourth-order valence-electron chi connectivity index (χ4n) is 1.61. The second-order valence-electron chi connectivity index (χ2n) is 5.00. The fraction of sp³-hybridized carbons (Fsp3) is 0.615. The van der Waals surface area contributed by atoms with Crippen LogP contribution in [0.3, 0.4) is 0 Å². The maximum absolute atomic E-state index is 6.08. The molecule has 0 saturated carbocycles. The largest absolute Gasteiger partial charge is 0.327 e. The van der Waals surface area contributed by atoms with E-state index in [1.54, 1.807) is 12.1 Å². The van der Waals surface area contributed by atoms with Crippen LogP contribution in [-0.2, 0) is 6.54 Å². The van der Waals surface area contributed by atoms with Gasteiger partial charge >= 0.3 is 0 Å². The molecule has 0 aliphatic heterocycles. The monoisotopic (exact) mass is 289 g/mol. The van der Waals surface area contributed by atoms with Crippen molar-refractivity contribution in [2.24, 2.45) is 11.7 Å². The normalized spacial score (nSPS) is 13.3. The van der Waals surface area contributed by atoms with E-state index in [1.165, 1.54) is 0 Å². The first-order valence-electron chi connectivity index (χ1n) is 6.15. The maximum Gasteiger partial charge on any atom is 0.129 e. The lowest BCUT2D eigenvalue weighted by Crippen LogP contribution is -2.31. The van der Waals surface area contributed by atoms with Gasteiger partial charge in [0.05, 0.1) is 10.7 Å². The van der Waals surface area contributed by atoms with Crippen molar-refractivity contribution >= 4 is 23.2 Å². The van der Waals surface area contributed by atoms with Crippen LogP contribution in [0.2, 0.25) is 10.2 Å². The van der Waals surface area contributed by atoms with Gasteiger partial charge in [-0.3, -0.25) is 0 Å². The van der Waals surface area contributed by atoms with Crippen LogP contribution in [0.1, 0.15) is 26.0 Å². The first-order valence-corrected chi connectivity index (χ1v) is 6.90. The number of nitrogens with zero attached hydrogens (tertiary/aromatic N) is 2. The number of halogens is 2. The van der Waals surface area contributed by atoms with Gasteiger partial charge in [-0.05, 0) is 38.1 Å². The van der Waals surface area contributed by atoms with Crippen LogP contribution in [0, 0.1) is 5.92 Å². The minimum atomic E-state index is 0.232. The number of hydrogen-bond acceptors (Lipinski definition) is 3. The van der Waals surface area contributed by atoms with Gasteiger partial charge in [0.25, 0.3) is 0 Å². The van der Waals surface area contributed by atoms with E-state index in [-0.39, 0.29) is 6.04 Å². The molecule has 3 nitrogen and oxygen atoms in total. The molecule has 1 heterocycles. The molecule has 1 unspecified atom stereocenters. The highest BCUT2D eigenvalue weighted by molar-refractivity contribution is 6.32. The second kappa shape index (κ2) is 7.29. The third-order valence-corrected chi connectivity index (χ3v) is 3.56. The van der Waals surface area contributed by atoms with Crippen molar-refractivity contribution < 1.29 is 0 Å². The molecule has 0 saturated heterocycles. The van der Waals surface area contributed by atoms with Gasteiger partial charge in [0.2, 0.25) is 0 Å². The average molecular weight is 290 g/mol. The Morgan fingerprint density at radius 1 is 1.33 bits per heavy atom. The Labute approximate surface area is 119 Å². The number of hydrogen-bond donors (Lipinski definition) is 1. The molecule has 0 spiro atoms. The molecule has 18 heavy (non-hydrogen) atoms. The molecule has 0 radical (unpaired) electrons. The predicted octanol–water partition coefficient (Wildman–Crippen LogP) is 3.19. The van der Waals surface area contributed by atoms with Crippen molar-refractivity contribution in [1.82, 2.24) is 9.88 Å². The molecular formula is C13H21Cl2N3. The van der Waals surface area contributed by atoms with E-state index in [1.807, 2.05) is 7.05 Å². The number of aromatic nitrogens is 1. The van der Waals surface area contributed by atoms with Crippen LogP contribution in [-0.4, -0.2) is 29.5 Å². The fourth-order valence-corrected chi connectivity index (χ4v) is 1.94. The summed E-state index contributed by atoms with van der Waals surface area (Å²) < 4.78 is 0. The first-order chi connectivity index (χ1) is 8.40. The van der Waals surface area contributed by atoms with Gasteiger partial charge in [-0.2, -0.15) is 0 Å². The van der Waals surface area contributed by atoms with Crippen molar-refractivity contribution in [3.8, 4) is 0 Å². The van der Waals surface area contributed by atoms with E-state index in [0.717, 1.165) is 18.7 Å². The van der Waals surface area contributed by atoms with Gasteiger partial charge in [0.15, 0.2) is 0 Å². The van der Waals surface area contributed by atoms with Gasteiger partial charge < -0.3 is 10.6 Å². The highest BCUT2D eigenvalue weighted by atomic mass is 35.5. The molecule has 2 N–H and O–H groups in total. The highest BCUT2D eigenvalue weighted by Crippen LogP contribution is 2.18. The van der Waals surface area contributed by atoms with Crippen LogP contribution < -0.4 is 5.73 Å². The molecule has 1 rings (SSSR count). The Bertz CT molecular complexity index is 382. The minimum absolute atomic E-state index is 0.232. The SMILES string of the molecule is CC(C)C(N)CCN(C)Cc1nc(Cl)ccc1Cl. The Hall–Kier alpha value is -0.350. The highest BCUT2D eigenvalue weighted by Gasteiger charge is 2.11. The molecule has 0 bridgehead atoms. The Kier molecular flexibility index (Phi) is 6.36. The van der Waals surface area contributed by atoms with Crippen molar-refractivity contribution in [1.29, 1.82) is 0 Å². The summed E-state index contributed by atoms with van der Waals surface area (Å²) in [5.41, 5.74) is 6.83. The van der Waals surface area contributed by atoms with E-state index >= 15 is 0 Å². The summed E-state index contributed by atoms with van der Waals surface area (Å²) in [6.07, 6.45) is 0.965. The van der Waals surface area contributed by atoms with Crippen molar-refractivity contribution in [2.45, 2.75) is 32.9 Å². The van der Waals surface area contributed by atoms with Gasteiger partial charge in [0.1, 0.15) is 5.15 Å². The summed E-state index contributed by atoms with van der Waals surface area (Å²) in [4.78, 5) is 6.39. The molecule has 1 atom stereocenters. The van der Waals surface area contributed by atoms with E-state index in [2.05, 4.69) is 23.7 Å². The number of pyridine rings is 1. The predicted molar refractivity (Wildman–Crippen MR) is 78.0 cm³/mol. The van der Waals surface area contributed by atoms with Crippen molar-refractivity contribution in [3.05, 3.63) is 28.0 Å². The maximum atomic E-state index is 6.08. The summed E-state index contributed by atoms with van der Waals surface area (Å²) in [7, 11) is 2.03. The number of rotatable bonds is 6. The van der Waals surface area contributed by atoms with Crippen molar-refractivity contribution in [3.63, 3.8) is 0 Å². The molecule has 1 aromatic heterocycles. The lowest BCUT2D eigenvalue weighted by molar-refractivity contribution is 0.293. The van der Waals surface area contributed by atoms with E-state index < -0.39 is 0 Å². The standard InChI is InChI=1S/C13H21Cl2N3/c1-9(2)11(16)6-7-18(3)8-12-10(14)4-5-13(15)17-12/h4-5,9,11H,6-8,16H2,1-3H3. The Balaban J connectivity index is 2.49. The zero-order chi connectivity index (χ0) is 13.7. The van der Waals surface area contributed by atoms with Crippen LogP contribution in [0.25, 0.3) is 0 Å². The van der Waals surface area contributed by atoms with E-state index in [4.69, 9.17) is 28.9 Å². The Morgan fingerprint density at radius 2 is 2.00 bits per heavy atom. The average Bonchev–Trinajstić information content (AvgIpc) is 2.30. The molecule has 0 aliphatic rings. The van der Waals surface area contributed by atoms with Crippen molar-refractivity contribution in [2.75, 3.05) is 13.6 Å². The zero-order valence-electron chi connectivity index (χ0n) is 11.2. The van der Waals surface area contributed by atoms with E-state index in [9.17, 15) is 0 Å². The summed E-state index contributed by atoms with van der Waals surface area (Å²) in [5, 5.41) is 1.13. The third kappa shape index (κ3) is 5.11. The van der Waals surface area contributed by atoms with Crippen LogP contribution >= 0.6 is 23.2 Å². The molecule has 0 aromatic carbocycles. The quantitative estimate of drug-likeness (QED) is 0.818. The second-order valence-corrected chi connectivity index (χ2v) is 5.79. The Morgan fingerprint density at radius 3 is 2.61 bits per heavy atom. The van der Waals surface area contributed by atoms with Gasteiger partial charge in [-0.1, -0.05) is 37.0 Å². The molecule has 102 valence electrons.